The van der Waals surface area contributed by atoms with Gasteiger partial charge < -0.3 is 21.3 Å². The predicted molar refractivity (Wildman–Crippen MR) is 85.2 cm³/mol. The standard InChI is InChI=1S/C15H19FN6/c1-18-11-8-22(9-11)14-6-13(20-15(17)21-14)19-7-10-4-2-3-5-12(10)16/h2-6,11,18H,7-9H2,1H3,(H3,17,19,20,21). The van der Waals surface area contributed by atoms with Crippen LogP contribution in [0.3, 0.4) is 0 Å². The van der Waals surface area contributed by atoms with Gasteiger partial charge in [-0.1, -0.05) is 18.2 Å². The van der Waals surface area contributed by atoms with Crippen molar-refractivity contribution in [2.24, 2.45) is 0 Å². The molecule has 22 heavy (non-hydrogen) atoms. The van der Waals surface area contributed by atoms with Crippen molar-refractivity contribution in [2.45, 2.75) is 12.6 Å². The minimum absolute atomic E-state index is 0.210. The van der Waals surface area contributed by atoms with Gasteiger partial charge in [-0.25, -0.2) is 4.39 Å². The Kier molecular flexibility index (Phi) is 4.06. The first-order valence-corrected chi connectivity index (χ1v) is 7.20. The van der Waals surface area contributed by atoms with Gasteiger partial charge in [-0.05, 0) is 13.1 Å². The molecule has 0 spiro atoms. The van der Waals surface area contributed by atoms with E-state index in [1.54, 1.807) is 18.2 Å². The zero-order chi connectivity index (χ0) is 15.5. The van der Waals surface area contributed by atoms with Crippen LogP contribution in [0.5, 0.6) is 0 Å². The Morgan fingerprint density at radius 1 is 1.32 bits per heavy atom. The van der Waals surface area contributed by atoms with Gasteiger partial charge >= 0.3 is 0 Å². The van der Waals surface area contributed by atoms with Gasteiger partial charge in [-0.15, -0.1) is 0 Å². The zero-order valence-corrected chi connectivity index (χ0v) is 12.4. The van der Waals surface area contributed by atoms with E-state index in [0.29, 0.717) is 24.0 Å². The van der Waals surface area contributed by atoms with Gasteiger partial charge in [0.25, 0.3) is 0 Å². The molecule has 6 nitrogen and oxygen atoms in total. The summed E-state index contributed by atoms with van der Waals surface area (Å²) in [5.41, 5.74) is 6.35. The monoisotopic (exact) mass is 302 g/mol. The molecule has 0 saturated carbocycles. The number of anilines is 3. The molecule has 4 N–H and O–H groups in total. The lowest BCUT2D eigenvalue weighted by molar-refractivity contribution is 0.447. The number of likely N-dealkylation sites (N-methyl/N-ethyl adjacent to an activating group) is 1. The van der Waals surface area contributed by atoms with E-state index in [1.165, 1.54) is 6.07 Å². The average molecular weight is 302 g/mol. The van der Waals surface area contributed by atoms with Crippen LogP contribution >= 0.6 is 0 Å². The lowest BCUT2D eigenvalue weighted by Crippen LogP contribution is -2.57. The molecular formula is C15H19FN6. The van der Waals surface area contributed by atoms with Gasteiger partial charge in [-0.2, -0.15) is 9.97 Å². The molecule has 0 bridgehead atoms. The fourth-order valence-electron chi connectivity index (χ4n) is 2.38. The molecule has 0 aliphatic carbocycles. The van der Waals surface area contributed by atoms with Crippen LogP contribution < -0.4 is 21.3 Å². The molecule has 0 unspecified atom stereocenters. The highest BCUT2D eigenvalue weighted by Crippen LogP contribution is 2.22. The summed E-state index contributed by atoms with van der Waals surface area (Å²) in [5.74, 6) is 1.35. The molecular weight excluding hydrogens is 283 g/mol. The Morgan fingerprint density at radius 2 is 2.09 bits per heavy atom. The Labute approximate surface area is 128 Å². The number of nitrogens with two attached hydrogens (primary N) is 1. The second kappa shape index (κ2) is 6.15. The molecule has 2 heterocycles. The van der Waals surface area contributed by atoms with Crippen LogP contribution in [-0.4, -0.2) is 36.1 Å². The van der Waals surface area contributed by atoms with Gasteiger partial charge in [-0.3, -0.25) is 0 Å². The van der Waals surface area contributed by atoms with E-state index in [0.717, 1.165) is 18.9 Å². The summed E-state index contributed by atoms with van der Waals surface area (Å²) in [4.78, 5) is 10.5. The van der Waals surface area contributed by atoms with E-state index in [2.05, 4.69) is 25.5 Å². The van der Waals surface area contributed by atoms with E-state index in [-0.39, 0.29) is 11.8 Å². The second-order valence-electron chi connectivity index (χ2n) is 5.31. The Balaban J connectivity index is 1.69. The number of benzene rings is 1. The number of aromatic nitrogens is 2. The van der Waals surface area contributed by atoms with E-state index >= 15 is 0 Å². The molecule has 0 atom stereocenters. The van der Waals surface area contributed by atoms with Crippen molar-refractivity contribution < 1.29 is 4.39 Å². The third kappa shape index (κ3) is 3.09. The van der Waals surface area contributed by atoms with Crippen LogP contribution in [-0.2, 0) is 6.54 Å². The number of hydrogen-bond donors (Lipinski definition) is 3. The molecule has 3 rings (SSSR count). The molecule has 1 aliphatic rings. The summed E-state index contributed by atoms with van der Waals surface area (Å²) >= 11 is 0. The SMILES string of the molecule is CNC1CN(c2cc(NCc3ccccc3F)nc(N)n2)C1. The molecule has 1 aliphatic heterocycles. The number of nitrogen functional groups attached to an aromatic ring is 1. The van der Waals surface area contributed by atoms with Crippen molar-refractivity contribution in [1.82, 2.24) is 15.3 Å². The van der Waals surface area contributed by atoms with Gasteiger partial charge in [0, 0.05) is 37.3 Å². The number of nitrogens with one attached hydrogen (secondary N) is 2. The largest absolute Gasteiger partial charge is 0.368 e. The van der Waals surface area contributed by atoms with Crippen LogP contribution in [0, 0.1) is 5.82 Å². The highest BCUT2D eigenvalue weighted by Gasteiger charge is 2.26. The topological polar surface area (TPSA) is 79.1 Å². The fraction of sp³-hybridized carbons (Fsp3) is 0.333. The van der Waals surface area contributed by atoms with E-state index < -0.39 is 0 Å². The summed E-state index contributed by atoms with van der Waals surface area (Å²) in [5, 5.41) is 6.31. The van der Waals surface area contributed by atoms with Crippen LogP contribution in [0.4, 0.5) is 22.0 Å². The van der Waals surface area contributed by atoms with Crippen LogP contribution in [0.1, 0.15) is 5.56 Å². The second-order valence-corrected chi connectivity index (χ2v) is 5.31. The predicted octanol–water partition coefficient (Wildman–Crippen LogP) is 1.22. The molecule has 116 valence electrons. The molecule has 1 aromatic carbocycles. The summed E-state index contributed by atoms with van der Waals surface area (Å²) in [6.07, 6.45) is 0. The third-order valence-electron chi connectivity index (χ3n) is 3.76. The fourth-order valence-corrected chi connectivity index (χ4v) is 2.38. The van der Waals surface area contributed by atoms with Crippen LogP contribution in [0.2, 0.25) is 0 Å². The highest BCUT2D eigenvalue weighted by molar-refractivity contribution is 5.54. The Hall–Kier alpha value is -2.41. The molecule has 0 amide bonds. The highest BCUT2D eigenvalue weighted by atomic mass is 19.1. The maximum absolute atomic E-state index is 13.6. The molecule has 1 aromatic heterocycles. The summed E-state index contributed by atoms with van der Waals surface area (Å²) < 4.78 is 13.6. The van der Waals surface area contributed by atoms with E-state index in [1.807, 2.05) is 13.1 Å². The summed E-state index contributed by atoms with van der Waals surface area (Å²) in [6.45, 7) is 2.13. The van der Waals surface area contributed by atoms with Crippen molar-refractivity contribution in [2.75, 3.05) is 36.1 Å². The molecule has 1 saturated heterocycles. The van der Waals surface area contributed by atoms with Crippen molar-refractivity contribution in [3.8, 4) is 0 Å². The van der Waals surface area contributed by atoms with Crippen molar-refractivity contribution in [3.05, 3.63) is 41.7 Å². The Bertz CT molecular complexity index is 656. The third-order valence-corrected chi connectivity index (χ3v) is 3.76. The van der Waals surface area contributed by atoms with Crippen molar-refractivity contribution >= 4 is 17.6 Å². The zero-order valence-electron chi connectivity index (χ0n) is 12.4. The van der Waals surface area contributed by atoms with Gasteiger partial charge in [0.05, 0.1) is 0 Å². The minimum atomic E-state index is -0.239. The van der Waals surface area contributed by atoms with Gasteiger partial charge in [0.1, 0.15) is 17.5 Å². The van der Waals surface area contributed by atoms with E-state index in [4.69, 9.17) is 5.73 Å². The van der Waals surface area contributed by atoms with Gasteiger partial charge in [0.15, 0.2) is 0 Å². The molecule has 1 fully saturated rings. The number of halogens is 1. The average Bonchev–Trinajstić information content (AvgIpc) is 2.45. The number of nitrogens with zero attached hydrogens (tertiary/aromatic N) is 3. The molecule has 0 radical (unpaired) electrons. The number of rotatable bonds is 5. The van der Waals surface area contributed by atoms with Crippen LogP contribution in [0.15, 0.2) is 30.3 Å². The number of hydrogen-bond acceptors (Lipinski definition) is 6. The maximum Gasteiger partial charge on any atom is 0.223 e. The van der Waals surface area contributed by atoms with Crippen molar-refractivity contribution in [3.63, 3.8) is 0 Å². The van der Waals surface area contributed by atoms with Crippen molar-refractivity contribution in [1.29, 1.82) is 0 Å². The maximum atomic E-state index is 13.6. The van der Waals surface area contributed by atoms with Crippen LogP contribution in [0.25, 0.3) is 0 Å². The quantitative estimate of drug-likeness (QED) is 0.771. The smallest absolute Gasteiger partial charge is 0.223 e. The van der Waals surface area contributed by atoms with E-state index in [9.17, 15) is 4.39 Å². The van der Waals surface area contributed by atoms with Gasteiger partial charge in [0.2, 0.25) is 5.95 Å². The molecule has 7 heteroatoms. The first-order valence-electron chi connectivity index (χ1n) is 7.20. The molecule has 2 aromatic rings. The first-order chi connectivity index (χ1) is 10.7. The first kappa shape index (κ1) is 14.5. The lowest BCUT2D eigenvalue weighted by atomic mass is 10.1. The normalized spacial score (nSPS) is 14.7. The lowest BCUT2D eigenvalue weighted by Gasteiger charge is -2.40. The summed E-state index contributed by atoms with van der Waals surface area (Å²) in [6, 6.07) is 8.96. The summed E-state index contributed by atoms with van der Waals surface area (Å²) in [7, 11) is 1.94. The Morgan fingerprint density at radius 3 is 2.82 bits per heavy atom. The minimum Gasteiger partial charge on any atom is -0.368 e.